The molecule has 7 nitrogen and oxygen atoms in total. The zero-order valence-corrected chi connectivity index (χ0v) is 24.5. The highest BCUT2D eigenvalue weighted by Gasteiger charge is 2.26. The van der Waals surface area contributed by atoms with Crippen molar-refractivity contribution in [2.75, 3.05) is 53.7 Å². The lowest BCUT2D eigenvalue weighted by Crippen LogP contribution is -2.37. The van der Waals surface area contributed by atoms with Gasteiger partial charge in [0.2, 0.25) is 0 Å². The van der Waals surface area contributed by atoms with E-state index >= 15 is 0 Å². The Balaban J connectivity index is 3.98. The number of nitrogens with zero attached hydrogens (tertiary/aromatic N) is 1. The van der Waals surface area contributed by atoms with Crippen molar-refractivity contribution in [2.45, 2.75) is 116 Å². The monoisotopic (exact) mass is 522 g/mol. The van der Waals surface area contributed by atoms with E-state index in [1.54, 1.807) is 0 Å². The predicted octanol–water partition coefficient (Wildman–Crippen LogP) is 6.71. The van der Waals surface area contributed by atoms with Gasteiger partial charge in [-0.05, 0) is 12.8 Å². The molecular weight excluding hydrogens is 465 g/mol. The van der Waals surface area contributed by atoms with Crippen LogP contribution in [-0.2, 0) is 23.4 Å². The summed E-state index contributed by atoms with van der Waals surface area (Å²) in [5, 5.41) is 0. The fraction of sp³-hybridized carbons (Fsp3) is 0.963. The van der Waals surface area contributed by atoms with Crippen LogP contribution in [0, 0.1) is 0 Å². The van der Waals surface area contributed by atoms with Crippen molar-refractivity contribution >= 4 is 13.6 Å². The van der Waals surface area contributed by atoms with Crippen LogP contribution in [0.1, 0.15) is 110 Å². The Kier molecular flexibility index (Phi) is 21.3. The first-order chi connectivity index (χ1) is 16.6. The van der Waals surface area contributed by atoms with E-state index in [2.05, 4.69) is 6.92 Å². The molecular formula is C27H57NO6P+. The second kappa shape index (κ2) is 21.6. The molecule has 0 rings (SSSR count). The van der Waals surface area contributed by atoms with Crippen LogP contribution in [0.3, 0.4) is 0 Å². The Morgan fingerprint density at radius 3 is 1.80 bits per heavy atom. The molecule has 0 heterocycles. The molecule has 0 saturated carbocycles. The molecule has 0 spiro atoms. The minimum Gasteiger partial charge on any atom is -0.457 e. The molecule has 2 unspecified atom stereocenters. The lowest BCUT2D eigenvalue weighted by molar-refractivity contribution is -0.867. The maximum atomic E-state index is 12.3. The van der Waals surface area contributed by atoms with Gasteiger partial charge in [-0.2, -0.15) is 0 Å². The largest absolute Gasteiger partial charge is 0.457 e. The minimum absolute atomic E-state index is 0.0615. The smallest absolute Gasteiger partial charge is 0.333 e. The summed E-state index contributed by atoms with van der Waals surface area (Å²) in [6, 6.07) is 0. The summed E-state index contributed by atoms with van der Waals surface area (Å²) in [6.45, 7) is 5.34. The van der Waals surface area contributed by atoms with Crippen molar-refractivity contribution in [1.82, 2.24) is 0 Å². The SMILES string of the molecule is CCCCCCCCCCCCCCCOCC(COP(=O)(O)CC[N+](C)(C)C)OC(=O)CCC. The van der Waals surface area contributed by atoms with Gasteiger partial charge in [-0.15, -0.1) is 0 Å². The van der Waals surface area contributed by atoms with Crippen LogP contribution in [0.15, 0.2) is 0 Å². The molecule has 0 aromatic carbocycles. The highest BCUT2D eigenvalue weighted by atomic mass is 31.2. The van der Waals surface area contributed by atoms with Crippen LogP contribution in [0.4, 0.5) is 0 Å². The van der Waals surface area contributed by atoms with E-state index in [9.17, 15) is 14.3 Å². The molecule has 2 atom stereocenters. The summed E-state index contributed by atoms with van der Waals surface area (Å²) < 4.78 is 29.3. The van der Waals surface area contributed by atoms with Gasteiger partial charge in [0, 0.05) is 13.0 Å². The van der Waals surface area contributed by atoms with E-state index in [-0.39, 0.29) is 25.3 Å². The normalized spacial score (nSPS) is 14.6. The number of hydrogen-bond acceptors (Lipinski definition) is 5. The second-order valence-electron chi connectivity index (χ2n) is 10.9. The molecule has 0 aromatic rings. The van der Waals surface area contributed by atoms with E-state index < -0.39 is 13.7 Å². The molecule has 0 aliphatic carbocycles. The number of hydrogen-bond donors (Lipinski definition) is 1. The lowest BCUT2D eigenvalue weighted by Gasteiger charge is -2.25. The molecule has 0 fully saturated rings. The third kappa shape index (κ3) is 25.0. The van der Waals surface area contributed by atoms with Gasteiger partial charge in [0.15, 0.2) is 0 Å². The number of esters is 1. The molecule has 0 aliphatic heterocycles. The van der Waals surface area contributed by atoms with E-state index in [1.807, 2.05) is 28.1 Å². The Bertz CT molecular complexity index is 552. The third-order valence-electron chi connectivity index (χ3n) is 5.96. The van der Waals surface area contributed by atoms with Crippen molar-refractivity contribution in [3.05, 3.63) is 0 Å². The number of quaternary nitrogens is 1. The zero-order chi connectivity index (χ0) is 26.4. The summed E-state index contributed by atoms with van der Waals surface area (Å²) in [6.07, 6.45) is 17.3. The number of carbonyl (C=O) groups excluding carboxylic acids is 1. The Morgan fingerprint density at radius 1 is 0.800 bits per heavy atom. The van der Waals surface area contributed by atoms with Gasteiger partial charge in [-0.25, -0.2) is 0 Å². The fourth-order valence-electron chi connectivity index (χ4n) is 3.69. The fourth-order valence-corrected chi connectivity index (χ4v) is 5.07. The van der Waals surface area contributed by atoms with Crippen LogP contribution in [0.5, 0.6) is 0 Å². The van der Waals surface area contributed by atoms with Crippen molar-refractivity contribution in [3.63, 3.8) is 0 Å². The molecule has 8 heteroatoms. The van der Waals surface area contributed by atoms with Crippen molar-refractivity contribution in [2.24, 2.45) is 0 Å². The number of unbranched alkanes of at least 4 members (excludes halogenated alkanes) is 12. The second-order valence-corrected chi connectivity index (χ2v) is 12.8. The molecule has 0 radical (unpaired) electrons. The topological polar surface area (TPSA) is 82.1 Å². The first kappa shape index (κ1) is 34.5. The highest BCUT2D eigenvalue weighted by molar-refractivity contribution is 7.52. The standard InChI is InChI=1S/C27H56NO6P/c1-6-8-9-10-11-12-13-14-15-16-17-18-19-22-32-24-26(34-27(29)20-7-2)25-33-35(30,31)23-21-28(3,4)5/h26H,6-25H2,1-5H3/p+1. The molecule has 0 aliphatic rings. The molecule has 1 N–H and O–H groups in total. The van der Waals surface area contributed by atoms with Crippen LogP contribution >= 0.6 is 7.60 Å². The summed E-state index contributed by atoms with van der Waals surface area (Å²) >= 11 is 0. The van der Waals surface area contributed by atoms with E-state index in [0.29, 0.717) is 30.5 Å². The Morgan fingerprint density at radius 2 is 1.31 bits per heavy atom. The average molecular weight is 523 g/mol. The van der Waals surface area contributed by atoms with Gasteiger partial charge in [0.25, 0.3) is 0 Å². The summed E-state index contributed by atoms with van der Waals surface area (Å²) in [5.74, 6) is -0.329. The van der Waals surface area contributed by atoms with Gasteiger partial charge in [-0.1, -0.05) is 90.9 Å². The molecule has 0 saturated heterocycles. The maximum absolute atomic E-state index is 12.3. The molecule has 0 aromatic heterocycles. The summed E-state index contributed by atoms with van der Waals surface area (Å²) in [5.41, 5.74) is 0. The minimum atomic E-state index is -3.74. The van der Waals surface area contributed by atoms with Gasteiger partial charge in [0.1, 0.15) is 6.10 Å². The Labute approximate surface area is 216 Å². The highest BCUT2D eigenvalue weighted by Crippen LogP contribution is 2.41. The predicted molar refractivity (Wildman–Crippen MR) is 145 cm³/mol. The Hall–Kier alpha value is -0.460. The van der Waals surface area contributed by atoms with E-state index in [1.165, 1.54) is 70.6 Å². The molecule has 210 valence electrons. The van der Waals surface area contributed by atoms with Gasteiger partial charge < -0.3 is 23.4 Å². The van der Waals surface area contributed by atoms with E-state index in [0.717, 1.165) is 12.8 Å². The van der Waals surface area contributed by atoms with E-state index in [4.69, 9.17) is 14.0 Å². The van der Waals surface area contributed by atoms with Gasteiger partial charge in [-0.3, -0.25) is 9.36 Å². The molecule has 35 heavy (non-hydrogen) atoms. The van der Waals surface area contributed by atoms with Crippen LogP contribution in [0.25, 0.3) is 0 Å². The number of ether oxygens (including phenoxy) is 2. The molecule has 0 amide bonds. The first-order valence-corrected chi connectivity index (χ1v) is 15.9. The van der Waals surface area contributed by atoms with Crippen molar-refractivity contribution < 1.29 is 32.7 Å². The average Bonchev–Trinajstić information content (AvgIpc) is 2.78. The number of carbonyl (C=O) groups is 1. The zero-order valence-electron chi connectivity index (χ0n) is 23.6. The molecule has 0 bridgehead atoms. The van der Waals surface area contributed by atoms with Crippen LogP contribution < -0.4 is 0 Å². The van der Waals surface area contributed by atoms with Gasteiger partial charge >= 0.3 is 13.6 Å². The maximum Gasteiger partial charge on any atom is 0.333 e. The lowest BCUT2D eigenvalue weighted by atomic mass is 10.0. The van der Waals surface area contributed by atoms with Crippen LogP contribution in [0.2, 0.25) is 0 Å². The van der Waals surface area contributed by atoms with Crippen molar-refractivity contribution in [3.8, 4) is 0 Å². The van der Waals surface area contributed by atoms with Crippen LogP contribution in [-0.4, -0.2) is 75.1 Å². The third-order valence-corrected chi connectivity index (χ3v) is 7.28. The summed E-state index contributed by atoms with van der Waals surface area (Å²) in [4.78, 5) is 22.0. The quantitative estimate of drug-likeness (QED) is 0.0621. The van der Waals surface area contributed by atoms with Crippen molar-refractivity contribution in [1.29, 1.82) is 0 Å². The summed E-state index contributed by atoms with van der Waals surface area (Å²) in [7, 11) is 2.14. The first-order valence-electron chi connectivity index (χ1n) is 14.1. The number of rotatable bonds is 25. The van der Waals surface area contributed by atoms with Gasteiger partial charge in [0.05, 0.1) is 47.1 Å².